The third-order valence-electron chi connectivity index (χ3n) is 3.82. The number of hydrogen-bond donors (Lipinski definition) is 1. The van der Waals surface area contributed by atoms with Crippen molar-refractivity contribution in [3.8, 4) is 0 Å². The van der Waals surface area contributed by atoms with Crippen LogP contribution >= 0.6 is 0 Å². The monoisotopic (exact) mass is 369 g/mol. The molecule has 1 atom stereocenters. The number of likely N-dealkylation sites (N-methyl/N-ethyl adjacent to an activating group) is 1. The number of unbranched alkanes of at least 4 members (excludes halogenated alkanes) is 1. The van der Waals surface area contributed by atoms with Crippen molar-refractivity contribution >= 4 is 26.0 Å². The van der Waals surface area contributed by atoms with Crippen molar-refractivity contribution in [2.75, 3.05) is 38.2 Å². The average molecular weight is 370 g/mol. The van der Waals surface area contributed by atoms with Gasteiger partial charge in [-0.15, -0.1) is 0 Å². The molecule has 0 radical (unpaired) electrons. The fourth-order valence-electron chi connectivity index (χ4n) is 2.39. The van der Waals surface area contributed by atoms with Gasteiger partial charge in [-0.25, -0.2) is 8.42 Å². The molecule has 0 saturated carbocycles. The smallest absolute Gasteiger partial charge is 0.282 e. The van der Waals surface area contributed by atoms with Gasteiger partial charge in [0.15, 0.2) is 9.84 Å². The van der Waals surface area contributed by atoms with E-state index in [0.717, 1.165) is 17.1 Å². The average Bonchev–Trinajstić information content (AvgIpc) is 2.80. The van der Waals surface area contributed by atoms with E-state index in [9.17, 15) is 21.6 Å². The summed E-state index contributed by atoms with van der Waals surface area (Å²) >= 11 is 0. The number of sulfone groups is 1. The predicted octanol–water partition coefficient (Wildman–Crippen LogP) is -0.412. The molecule has 1 amide bonds. The molecule has 1 saturated heterocycles. The SMILES string of the molecule is CCCCN(C)S(=O)(=O)N(CC)CC(=O)NC1CCS(=O)(=O)C1. The van der Waals surface area contributed by atoms with Crippen molar-refractivity contribution in [1.29, 1.82) is 0 Å². The Hall–Kier alpha value is -0.710. The van der Waals surface area contributed by atoms with Crippen LogP contribution in [-0.4, -0.2) is 75.6 Å². The van der Waals surface area contributed by atoms with E-state index in [0.29, 0.717) is 13.0 Å². The lowest BCUT2D eigenvalue weighted by Gasteiger charge is -2.26. The van der Waals surface area contributed by atoms with Crippen LogP contribution in [0.4, 0.5) is 0 Å². The third-order valence-corrected chi connectivity index (χ3v) is 7.60. The number of amides is 1. The minimum atomic E-state index is -3.69. The minimum absolute atomic E-state index is 0.0630. The van der Waals surface area contributed by atoms with Crippen molar-refractivity contribution in [2.24, 2.45) is 0 Å². The molecule has 1 rings (SSSR count). The highest BCUT2D eigenvalue weighted by atomic mass is 32.2. The van der Waals surface area contributed by atoms with E-state index in [1.807, 2.05) is 6.92 Å². The van der Waals surface area contributed by atoms with Gasteiger partial charge in [0.25, 0.3) is 10.2 Å². The Morgan fingerprint density at radius 3 is 2.43 bits per heavy atom. The van der Waals surface area contributed by atoms with Gasteiger partial charge in [0, 0.05) is 26.2 Å². The lowest BCUT2D eigenvalue weighted by Crippen LogP contribution is -2.48. The van der Waals surface area contributed by atoms with Crippen molar-refractivity contribution in [3.05, 3.63) is 0 Å². The molecule has 10 heteroatoms. The van der Waals surface area contributed by atoms with Gasteiger partial charge in [-0.3, -0.25) is 4.79 Å². The van der Waals surface area contributed by atoms with Crippen LogP contribution in [-0.2, 0) is 24.8 Å². The van der Waals surface area contributed by atoms with E-state index >= 15 is 0 Å². The summed E-state index contributed by atoms with van der Waals surface area (Å²) < 4.78 is 50.0. The molecule has 8 nitrogen and oxygen atoms in total. The van der Waals surface area contributed by atoms with Crippen molar-refractivity contribution in [1.82, 2.24) is 13.9 Å². The Labute approximate surface area is 139 Å². The van der Waals surface area contributed by atoms with Gasteiger partial charge in [0.2, 0.25) is 5.91 Å². The highest BCUT2D eigenvalue weighted by molar-refractivity contribution is 7.91. The number of carbonyl (C=O) groups is 1. The van der Waals surface area contributed by atoms with Crippen LogP contribution in [0.25, 0.3) is 0 Å². The van der Waals surface area contributed by atoms with Crippen molar-refractivity contribution in [3.63, 3.8) is 0 Å². The summed E-state index contributed by atoms with van der Waals surface area (Å²) in [5.74, 6) is -0.483. The summed E-state index contributed by atoms with van der Waals surface area (Å²) in [6.07, 6.45) is 2.01. The van der Waals surface area contributed by atoms with E-state index in [2.05, 4.69) is 5.32 Å². The molecule has 1 fully saturated rings. The molecular weight excluding hydrogens is 342 g/mol. The van der Waals surface area contributed by atoms with Crippen LogP contribution in [0, 0.1) is 0 Å². The molecule has 1 heterocycles. The number of nitrogens with zero attached hydrogens (tertiary/aromatic N) is 2. The molecule has 0 aromatic rings. The lowest BCUT2D eigenvalue weighted by molar-refractivity contribution is -0.121. The molecule has 136 valence electrons. The molecule has 0 aromatic carbocycles. The van der Waals surface area contributed by atoms with Crippen molar-refractivity contribution < 1.29 is 21.6 Å². The van der Waals surface area contributed by atoms with Gasteiger partial charge in [-0.1, -0.05) is 20.3 Å². The number of carbonyl (C=O) groups excluding carboxylic acids is 1. The Morgan fingerprint density at radius 2 is 1.96 bits per heavy atom. The van der Waals surface area contributed by atoms with Crippen LogP contribution in [0.1, 0.15) is 33.1 Å². The molecule has 0 aromatic heterocycles. The maximum Gasteiger partial charge on any atom is 0.282 e. The van der Waals surface area contributed by atoms with Crippen LogP contribution in [0.15, 0.2) is 0 Å². The second-order valence-corrected chi connectivity index (χ2v) is 10.0. The van der Waals surface area contributed by atoms with Crippen LogP contribution < -0.4 is 5.32 Å². The molecule has 1 unspecified atom stereocenters. The summed E-state index contributed by atoms with van der Waals surface area (Å²) in [5.41, 5.74) is 0. The topological polar surface area (TPSA) is 104 Å². The first-order chi connectivity index (χ1) is 10.6. The van der Waals surface area contributed by atoms with Crippen LogP contribution in [0.5, 0.6) is 0 Å². The highest BCUT2D eigenvalue weighted by Crippen LogP contribution is 2.12. The maximum absolute atomic E-state index is 12.4. The molecule has 0 spiro atoms. The normalized spacial score (nSPS) is 21.0. The molecule has 1 aliphatic heterocycles. The Kier molecular flexibility index (Phi) is 7.43. The standard InChI is InChI=1S/C13H27N3O5S2/c1-4-6-8-15(3)23(20,21)16(5-2)10-13(17)14-12-7-9-22(18,19)11-12/h12H,4-11H2,1-3H3,(H,14,17). The quantitative estimate of drug-likeness (QED) is 0.595. The summed E-state index contributed by atoms with van der Waals surface area (Å²) in [7, 11) is -5.27. The zero-order valence-electron chi connectivity index (χ0n) is 14.0. The molecule has 1 aliphatic rings. The van der Waals surface area contributed by atoms with E-state index in [-0.39, 0.29) is 24.6 Å². The largest absolute Gasteiger partial charge is 0.351 e. The van der Waals surface area contributed by atoms with Crippen LogP contribution in [0.2, 0.25) is 0 Å². The summed E-state index contributed by atoms with van der Waals surface area (Å²) in [5, 5.41) is 2.61. The second-order valence-electron chi connectivity index (χ2n) is 5.78. The molecule has 0 bridgehead atoms. The molecule has 1 N–H and O–H groups in total. The summed E-state index contributed by atoms with van der Waals surface area (Å²) in [6, 6.07) is -0.424. The van der Waals surface area contributed by atoms with Gasteiger partial charge >= 0.3 is 0 Å². The van der Waals surface area contributed by atoms with E-state index in [4.69, 9.17) is 0 Å². The van der Waals surface area contributed by atoms with E-state index < -0.39 is 32.0 Å². The second kappa shape index (κ2) is 8.41. The maximum atomic E-state index is 12.4. The summed E-state index contributed by atoms with van der Waals surface area (Å²) in [6.45, 7) is 3.92. The zero-order valence-corrected chi connectivity index (χ0v) is 15.6. The highest BCUT2D eigenvalue weighted by Gasteiger charge is 2.31. The van der Waals surface area contributed by atoms with Gasteiger partial charge in [0.1, 0.15) is 0 Å². The van der Waals surface area contributed by atoms with Crippen LogP contribution in [0.3, 0.4) is 0 Å². The van der Waals surface area contributed by atoms with Gasteiger partial charge in [-0.2, -0.15) is 17.0 Å². The van der Waals surface area contributed by atoms with Crippen molar-refractivity contribution in [2.45, 2.75) is 39.2 Å². The van der Waals surface area contributed by atoms with Gasteiger partial charge < -0.3 is 5.32 Å². The molecule has 23 heavy (non-hydrogen) atoms. The van der Waals surface area contributed by atoms with Gasteiger partial charge in [0.05, 0.1) is 18.1 Å². The predicted molar refractivity (Wildman–Crippen MR) is 88.9 cm³/mol. The lowest BCUT2D eigenvalue weighted by atomic mass is 10.2. The van der Waals surface area contributed by atoms with E-state index in [1.54, 1.807) is 6.92 Å². The molecular formula is C13H27N3O5S2. The number of nitrogens with one attached hydrogen (secondary N) is 1. The van der Waals surface area contributed by atoms with Gasteiger partial charge in [-0.05, 0) is 12.8 Å². The van der Waals surface area contributed by atoms with E-state index in [1.165, 1.54) is 11.4 Å². The Morgan fingerprint density at radius 1 is 1.30 bits per heavy atom. The minimum Gasteiger partial charge on any atom is -0.351 e. The fourth-order valence-corrected chi connectivity index (χ4v) is 5.43. The first kappa shape index (κ1) is 20.3. The first-order valence-corrected chi connectivity index (χ1v) is 11.1. The number of hydrogen-bond acceptors (Lipinski definition) is 5. The number of rotatable bonds is 9. The Balaban J connectivity index is 2.62. The first-order valence-electron chi connectivity index (χ1n) is 7.83. The third kappa shape index (κ3) is 6.02. The summed E-state index contributed by atoms with van der Waals surface area (Å²) in [4.78, 5) is 12.0. The fraction of sp³-hybridized carbons (Fsp3) is 0.923. The zero-order chi connectivity index (χ0) is 17.7. The molecule has 0 aliphatic carbocycles. The Bertz CT molecular complexity index is 603.